The molecule has 2 aromatic heterocycles. The maximum atomic E-state index is 13.2. The zero-order valence-electron chi connectivity index (χ0n) is 9.64. The van der Waals surface area contributed by atoms with Gasteiger partial charge < -0.3 is 4.98 Å². The summed E-state index contributed by atoms with van der Waals surface area (Å²) in [5.74, 6) is -0.375. The third-order valence-corrected chi connectivity index (χ3v) is 2.89. The number of H-pyrrole nitrogens is 1. The normalized spacial score (nSPS) is 11.0. The van der Waals surface area contributed by atoms with E-state index in [1.54, 1.807) is 24.0 Å². The van der Waals surface area contributed by atoms with Crippen LogP contribution >= 0.6 is 0 Å². The minimum Gasteiger partial charge on any atom is -0.353 e. The lowest BCUT2D eigenvalue weighted by atomic mass is 10.1. The van der Waals surface area contributed by atoms with E-state index in [4.69, 9.17) is 0 Å². The molecular weight excluding hydrogens is 233 g/mol. The number of hydrogen-bond donors (Lipinski definition) is 1. The molecule has 5 heteroatoms. The summed E-state index contributed by atoms with van der Waals surface area (Å²) in [5.41, 5.74) is 1.75. The number of aromatic amines is 1. The van der Waals surface area contributed by atoms with Crippen molar-refractivity contribution >= 4 is 10.9 Å². The Morgan fingerprint density at radius 3 is 2.83 bits per heavy atom. The van der Waals surface area contributed by atoms with Gasteiger partial charge in [-0.25, -0.2) is 4.39 Å². The Bertz CT molecular complexity index is 788. The van der Waals surface area contributed by atoms with Crippen molar-refractivity contribution in [2.24, 2.45) is 7.05 Å². The van der Waals surface area contributed by atoms with Gasteiger partial charge in [0.25, 0.3) is 0 Å². The van der Waals surface area contributed by atoms with Gasteiger partial charge in [0.2, 0.25) is 0 Å². The quantitative estimate of drug-likeness (QED) is 0.711. The zero-order chi connectivity index (χ0) is 12.7. The molecule has 2 heterocycles. The number of nitrogens with zero attached hydrogens (tertiary/aromatic N) is 2. The lowest BCUT2D eigenvalue weighted by Crippen LogP contribution is -2.05. The highest BCUT2D eigenvalue weighted by molar-refractivity contribution is 5.80. The minimum absolute atomic E-state index is 0.139. The molecule has 1 aromatic carbocycles. The molecular formula is C13H10FN3O. The molecule has 1 N–H and O–H groups in total. The van der Waals surface area contributed by atoms with E-state index in [1.165, 1.54) is 24.3 Å². The first kappa shape index (κ1) is 10.7. The van der Waals surface area contributed by atoms with Crippen molar-refractivity contribution < 1.29 is 4.39 Å². The number of aromatic nitrogens is 3. The third kappa shape index (κ3) is 1.60. The molecule has 0 unspecified atom stereocenters. The number of halogens is 1. The number of pyridine rings is 1. The van der Waals surface area contributed by atoms with Crippen molar-refractivity contribution in [3.8, 4) is 11.4 Å². The highest BCUT2D eigenvalue weighted by Gasteiger charge is 2.07. The van der Waals surface area contributed by atoms with Crippen LogP contribution in [0.2, 0.25) is 0 Å². The van der Waals surface area contributed by atoms with E-state index in [1.807, 2.05) is 0 Å². The molecule has 0 fully saturated rings. The van der Waals surface area contributed by atoms with Crippen LogP contribution in [0.4, 0.5) is 4.39 Å². The van der Waals surface area contributed by atoms with Crippen LogP contribution in [-0.2, 0) is 7.05 Å². The van der Waals surface area contributed by atoms with Gasteiger partial charge in [-0.15, -0.1) is 0 Å². The monoisotopic (exact) mass is 243 g/mol. The van der Waals surface area contributed by atoms with E-state index in [2.05, 4.69) is 10.1 Å². The van der Waals surface area contributed by atoms with Gasteiger partial charge in [-0.3, -0.25) is 9.48 Å². The first-order chi connectivity index (χ1) is 8.65. The fourth-order valence-electron chi connectivity index (χ4n) is 2.00. The number of hydrogen-bond acceptors (Lipinski definition) is 2. The van der Waals surface area contributed by atoms with Crippen molar-refractivity contribution in [3.63, 3.8) is 0 Å². The summed E-state index contributed by atoms with van der Waals surface area (Å²) in [6.45, 7) is 0. The summed E-state index contributed by atoms with van der Waals surface area (Å²) in [7, 11) is 1.78. The van der Waals surface area contributed by atoms with Crippen LogP contribution in [0.25, 0.3) is 22.3 Å². The Kier molecular flexibility index (Phi) is 2.26. The first-order valence-corrected chi connectivity index (χ1v) is 5.46. The van der Waals surface area contributed by atoms with Crippen LogP contribution in [-0.4, -0.2) is 14.8 Å². The number of nitrogens with one attached hydrogen (secondary N) is 1. The predicted molar refractivity (Wildman–Crippen MR) is 66.7 cm³/mol. The molecule has 0 radical (unpaired) electrons. The summed E-state index contributed by atoms with van der Waals surface area (Å²) < 4.78 is 14.8. The van der Waals surface area contributed by atoms with E-state index in [0.29, 0.717) is 16.6 Å². The van der Waals surface area contributed by atoms with Crippen LogP contribution in [0, 0.1) is 5.82 Å². The van der Waals surface area contributed by atoms with Gasteiger partial charge in [0.1, 0.15) is 5.82 Å². The van der Waals surface area contributed by atoms with E-state index in [-0.39, 0.29) is 11.2 Å². The summed E-state index contributed by atoms with van der Waals surface area (Å²) in [6, 6.07) is 7.36. The highest BCUT2D eigenvalue weighted by atomic mass is 19.1. The highest BCUT2D eigenvalue weighted by Crippen LogP contribution is 2.17. The molecule has 3 rings (SSSR count). The largest absolute Gasteiger partial charge is 0.353 e. The van der Waals surface area contributed by atoms with Gasteiger partial charge in [-0.1, -0.05) is 0 Å². The van der Waals surface area contributed by atoms with Crippen molar-refractivity contribution in [2.75, 3.05) is 0 Å². The second-order valence-electron chi connectivity index (χ2n) is 4.08. The Hall–Kier alpha value is -2.43. The van der Waals surface area contributed by atoms with Gasteiger partial charge >= 0.3 is 0 Å². The average Bonchev–Trinajstić information content (AvgIpc) is 2.74. The second-order valence-corrected chi connectivity index (χ2v) is 4.08. The SMILES string of the molecule is Cn1nccc1-c1cc(=O)c2ccc(F)cc2[nH]1. The molecule has 0 saturated heterocycles. The maximum absolute atomic E-state index is 13.2. The van der Waals surface area contributed by atoms with Gasteiger partial charge in [0.05, 0.1) is 16.9 Å². The number of aryl methyl sites for hydroxylation is 1. The van der Waals surface area contributed by atoms with Crippen molar-refractivity contribution in [2.45, 2.75) is 0 Å². The summed E-state index contributed by atoms with van der Waals surface area (Å²) in [5, 5.41) is 4.52. The Morgan fingerprint density at radius 1 is 1.28 bits per heavy atom. The van der Waals surface area contributed by atoms with Crippen LogP contribution < -0.4 is 5.43 Å². The smallest absolute Gasteiger partial charge is 0.190 e. The van der Waals surface area contributed by atoms with E-state index < -0.39 is 0 Å². The number of rotatable bonds is 1. The molecule has 0 bridgehead atoms. The summed E-state index contributed by atoms with van der Waals surface area (Å²) in [6.07, 6.45) is 1.64. The standard InChI is InChI=1S/C13H10FN3O/c1-17-12(4-5-15-17)11-7-13(18)9-3-2-8(14)6-10(9)16-11/h2-7H,1H3,(H,16,18). The molecule has 0 spiro atoms. The second kappa shape index (κ2) is 3.80. The molecule has 0 amide bonds. The van der Waals surface area contributed by atoms with Crippen molar-refractivity contribution in [1.82, 2.24) is 14.8 Å². The van der Waals surface area contributed by atoms with Crippen LogP contribution in [0.3, 0.4) is 0 Å². The van der Waals surface area contributed by atoms with Gasteiger partial charge in [-0.05, 0) is 24.3 Å². The predicted octanol–water partition coefficient (Wildman–Crippen LogP) is 2.07. The van der Waals surface area contributed by atoms with Gasteiger partial charge in [-0.2, -0.15) is 5.10 Å². The minimum atomic E-state index is -0.375. The topological polar surface area (TPSA) is 50.7 Å². The molecule has 0 aliphatic heterocycles. The third-order valence-electron chi connectivity index (χ3n) is 2.89. The number of fused-ring (bicyclic) bond motifs is 1. The Labute approximate surface area is 102 Å². The van der Waals surface area contributed by atoms with Gasteiger partial charge in [0, 0.05) is 24.7 Å². The van der Waals surface area contributed by atoms with E-state index in [0.717, 1.165) is 5.69 Å². The fourth-order valence-corrected chi connectivity index (χ4v) is 2.00. The average molecular weight is 243 g/mol. The summed E-state index contributed by atoms with van der Waals surface area (Å²) >= 11 is 0. The molecule has 0 aliphatic carbocycles. The molecule has 18 heavy (non-hydrogen) atoms. The lowest BCUT2D eigenvalue weighted by molar-refractivity contribution is 0.629. The molecule has 0 aliphatic rings. The van der Waals surface area contributed by atoms with Crippen LogP contribution in [0.1, 0.15) is 0 Å². The molecule has 0 atom stereocenters. The van der Waals surface area contributed by atoms with Crippen LogP contribution in [0.5, 0.6) is 0 Å². The van der Waals surface area contributed by atoms with E-state index >= 15 is 0 Å². The van der Waals surface area contributed by atoms with E-state index in [9.17, 15) is 9.18 Å². The number of benzene rings is 1. The molecule has 0 saturated carbocycles. The fraction of sp³-hybridized carbons (Fsp3) is 0.0769. The van der Waals surface area contributed by atoms with Gasteiger partial charge in [0.15, 0.2) is 5.43 Å². The molecule has 3 aromatic rings. The zero-order valence-corrected chi connectivity index (χ0v) is 9.64. The Morgan fingerprint density at radius 2 is 2.11 bits per heavy atom. The summed E-state index contributed by atoms with van der Waals surface area (Å²) in [4.78, 5) is 15.0. The molecule has 4 nitrogen and oxygen atoms in total. The van der Waals surface area contributed by atoms with Crippen molar-refractivity contribution in [3.05, 3.63) is 52.6 Å². The van der Waals surface area contributed by atoms with Crippen molar-refractivity contribution in [1.29, 1.82) is 0 Å². The Balaban J connectivity index is 2.33. The molecule has 90 valence electrons. The first-order valence-electron chi connectivity index (χ1n) is 5.46. The maximum Gasteiger partial charge on any atom is 0.190 e. The lowest BCUT2D eigenvalue weighted by Gasteiger charge is -2.04. The van der Waals surface area contributed by atoms with Crippen LogP contribution in [0.15, 0.2) is 41.3 Å².